The first-order valence-electron chi connectivity index (χ1n) is 4.71. The fourth-order valence-corrected chi connectivity index (χ4v) is 1.39. The van der Waals surface area contributed by atoms with Crippen LogP contribution in [0.1, 0.15) is 12.8 Å². The number of hydrogen-bond acceptors (Lipinski definition) is 3. The van der Waals surface area contributed by atoms with Crippen molar-refractivity contribution in [2.75, 3.05) is 40.0 Å². The van der Waals surface area contributed by atoms with E-state index in [1.807, 2.05) is 0 Å². The van der Waals surface area contributed by atoms with Crippen LogP contribution in [0, 0.1) is 5.92 Å². The van der Waals surface area contributed by atoms with Gasteiger partial charge in [0.15, 0.2) is 0 Å². The van der Waals surface area contributed by atoms with Gasteiger partial charge in [-0.3, -0.25) is 0 Å². The van der Waals surface area contributed by atoms with E-state index in [0.717, 1.165) is 45.2 Å². The highest BCUT2D eigenvalue weighted by Crippen LogP contribution is 2.10. The Kier molecular flexibility index (Phi) is 5.32. The first-order chi connectivity index (χ1) is 5.93. The molecule has 0 aromatic heterocycles. The zero-order valence-corrected chi connectivity index (χ0v) is 7.84. The molecule has 0 aliphatic carbocycles. The van der Waals surface area contributed by atoms with Crippen molar-refractivity contribution in [1.82, 2.24) is 5.32 Å². The van der Waals surface area contributed by atoms with Gasteiger partial charge in [0.25, 0.3) is 0 Å². The molecule has 1 N–H and O–H groups in total. The number of methoxy groups -OCH3 is 1. The Morgan fingerprint density at radius 2 is 2.50 bits per heavy atom. The molecule has 1 atom stereocenters. The summed E-state index contributed by atoms with van der Waals surface area (Å²) in [6.45, 7) is 4.91. The second kappa shape index (κ2) is 6.40. The molecule has 1 heterocycles. The lowest BCUT2D eigenvalue weighted by Crippen LogP contribution is -2.24. The molecule has 3 nitrogen and oxygen atoms in total. The molecule has 0 spiro atoms. The minimum Gasteiger partial charge on any atom is -0.385 e. The lowest BCUT2D eigenvalue weighted by atomic mass is 10.1. The van der Waals surface area contributed by atoms with Crippen LogP contribution in [0.3, 0.4) is 0 Å². The second-order valence-electron chi connectivity index (χ2n) is 3.28. The maximum absolute atomic E-state index is 5.27. The fourth-order valence-electron chi connectivity index (χ4n) is 1.39. The van der Waals surface area contributed by atoms with E-state index in [1.54, 1.807) is 7.11 Å². The Bertz CT molecular complexity index is 103. The van der Waals surface area contributed by atoms with E-state index >= 15 is 0 Å². The molecule has 1 unspecified atom stereocenters. The van der Waals surface area contributed by atoms with E-state index in [4.69, 9.17) is 9.47 Å². The summed E-state index contributed by atoms with van der Waals surface area (Å²) in [5.41, 5.74) is 0. The average molecular weight is 173 g/mol. The third-order valence-electron chi connectivity index (χ3n) is 2.16. The molecule has 0 aromatic carbocycles. The van der Waals surface area contributed by atoms with Crippen LogP contribution in [-0.4, -0.2) is 40.0 Å². The van der Waals surface area contributed by atoms with Crippen molar-refractivity contribution in [3.05, 3.63) is 0 Å². The third kappa shape index (κ3) is 4.04. The highest BCUT2D eigenvalue weighted by molar-refractivity contribution is 4.66. The standard InChI is InChI=1S/C9H19NO2/c1-11-5-2-4-10-7-9-3-6-12-8-9/h9-10H,2-8H2,1H3. The summed E-state index contributed by atoms with van der Waals surface area (Å²) in [5.74, 6) is 0.743. The first kappa shape index (κ1) is 9.96. The Balaban J connectivity index is 1.81. The second-order valence-corrected chi connectivity index (χ2v) is 3.28. The van der Waals surface area contributed by atoms with Gasteiger partial charge in [-0.05, 0) is 25.3 Å². The maximum Gasteiger partial charge on any atom is 0.0507 e. The summed E-state index contributed by atoms with van der Waals surface area (Å²) >= 11 is 0. The van der Waals surface area contributed by atoms with E-state index in [0.29, 0.717) is 0 Å². The van der Waals surface area contributed by atoms with Gasteiger partial charge < -0.3 is 14.8 Å². The van der Waals surface area contributed by atoms with Crippen LogP contribution < -0.4 is 5.32 Å². The van der Waals surface area contributed by atoms with Gasteiger partial charge in [0, 0.05) is 26.9 Å². The van der Waals surface area contributed by atoms with E-state index in [-0.39, 0.29) is 0 Å². The highest BCUT2D eigenvalue weighted by atomic mass is 16.5. The third-order valence-corrected chi connectivity index (χ3v) is 2.16. The lowest BCUT2D eigenvalue weighted by molar-refractivity contribution is 0.183. The molecular formula is C9H19NO2. The van der Waals surface area contributed by atoms with Crippen LogP contribution in [0.4, 0.5) is 0 Å². The summed E-state index contributed by atoms with van der Waals surface area (Å²) in [6, 6.07) is 0. The van der Waals surface area contributed by atoms with Crippen LogP contribution in [-0.2, 0) is 9.47 Å². The van der Waals surface area contributed by atoms with Crippen molar-refractivity contribution < 1.29 is 9.47 Å². The first-order valence-corrected chi connectivity index (χ1v) is 4.71. The van der Waals surface area contributed by atoms with E-state index in [9.17, 15) is 0 Å². The van der Waals surface area contributed by atoms with Crippen molar-refractivity contribution in [1.29, 1.82) is 0 Å². The molecule has 0 bridgehead atoms. The van der Waals surface area contributed by atoms with Crippen molar-refractivity contribution in [2.45, 2.75) is 12.8 Å². The topological polar surface area (TPSA) is 30.5 Å². The van der Waals surface area contributed by atoms with Gasteiger partial charge in [0.1, 0.15) is 0 Å². The predicted molar refractivity (Wildman–Crippen MR) is 48.3 cm³/mol. The van der Waals surface area contributed by atoms with Crippen LogP contribution in [0.25, 0.3) is 0 Å². The maximum atomic E-state index is 5.27. The number of ether oxygens (including phenoxy) is 2. The van der Waals surface area contributed by atoms with Crippen LogP contribution in [0.2, 0.25) is 0 Å². The smallest absolute Gasteiger partial charge is 0.0507 e. The SMILES string of the molecule is COCCCNCC1CCOC1. The van der Waals surface area contributed by atoms with Gasteiger partial charge in [-0.2, -0.15) is 0 Å². The van der Waals surface area contributed by atoms with Gasteiger partial charge in [-0.1, -0.05) is 0 Å². The summed E-state index contributed by atoms with van der Waals surface area (Å²) in [4.78, 5) is 0. The quantitative estimate of drug-likeness (QED) is 0.598. The molecule has 0 saturated carbocycles. The van der Waals surface area contributed by atoms with E-state index in [1.165, 1.54) is 6.42 Å². The number of hydrogen-bond donors (Lipinski definition) is 1. The minimum atomic E-state index is 0.743. The molecule has 0 aromatic rings. The van der Waals surface area contributed by atoms with Gasteiger partial charge in [-0.15, -0.1) is 0 Å². The lowest BCUT2D eigenvalue weighted by Gasteiger charge is -2.08. The largest absolute Gasteiger partial charge is 0.385 e. The molecule has 1 saturated heterocycles. The number of rotatable bonds is 6. The summed E-state index contributed by atoms with van der Waals surface area (Å²) in [6.07, 6.45) is 2.32. The van der Waals surface area contributed by atoms with Gasteiger partial charge in [0.2, 0.25) is 0 Å². The van der Waals surface area contributed by atoms with Crippen molar-refractivity contribution in [2.24, 2.45) is 5.92 Å². The molecule has 12 heavy (non-hydrogen) atoms. The van der Waals surface area contributed by atoms with Crippen molar-refractivity contribution >= 4 is 0 Å². The Morgan fingerprint density at radius 3 is 3.17 bits per heavy atom. The molecular weight excluding hydrogens is 154 g/mol. The summed E-state index contributed by atoms with van der Waals surface area (Å²) in [7, 11) is 1.74. The summed E-state index contributed by atoms with van der Waals surface area (Å²) < 4.78 is 10.2. The molecule has 1 fully saturated rings. The Hall–Kier alpha value is -0.120. The molecule has 3 heteroatoms. The van der Waals surface area contributed by atoms with Gasteiger partial charge in [-0.25, -0.2) is 0 Å². The van der Waals surface area contributed by atoms with Crippen LogP contribution >= 0.6 is 0 Å². The normalized spacial score (nSPS) is 23.2. The zero-order chi connectivity index (χ0) is 8.65. The van der Waals surface area contributed by atoms with Gasteiger partial charge >= 0.3 is 0 Å². The number of nitrogens with one attached hydrogen (secondary N) is 1. The molecule has 1 aliphatic rings. The Morgan fingerprint density at radius 1 is 1.58 bits per heavy atom. The molecule has 1 aliphatic heterocycles. The minimum absolute atomic E-state index is 0.743. The molecule has 72 valence electrons. The molecule has 0 amide bonds. The van der Waals surface area contributed by atoms with Crippen molar-refractivity contribution in [3.63, 3.8) is 0 Å². The van der Waals surface area contributed by atoms with Crippen LogP contribution in [0.5, 0.6) is 0 Å². The van der Waals surface area contributed by atoms with E-state index in [2.05, 4.69) is 5.32 Å². The predicted octanol–water partition coefficient (Wildman–Crippen LogP) is 0.649. The van der Waals surface area contributed by atoms with Gasteiger partial charge in [0.05, 0.1) is 6.61 Å². The highest BCUT2D eigenvalue weighted by Gasteiger charge is 2.14. The van der Waals surface area contributed by atoms with E-state index < -0.39 is 0 Å². The molecule has 0 radical (unpaired) electrons. The average Bonchev–Trinajstić information content (AvgIpc) is 2.57. The molecule has 1 rings (SSSR count). The van der Waals surface area contributed by atoms with Crippen LogP contribution in [0.15, 0.2) is 0 Å². The van der Waals surface area contributed by atoms with Crippen molar-refractivity contribution in [3.8, 4) is 0 Å². The monoisotopic (exact) mass is 173 g/mol. The Labute approximate surface area is 74.4 Å². The fraction of sp³-hybridized carbons (Fsp3) is 1.00. The summed E-state index contributed by atoms with van der Waals surface area (Å²) in [5, 5.41) is 3.40. The zero-order valence-electron chi connectivity index (χ0n) is 7.84.